The normalized spacial score (nSPS) is 13.1. The van der Waals surface area contributed by atoms with Crippen molar-refractivity contribution < 1.29 is 4.74 Å². The van der Waals surface area contributed by atoms with Crippen molar-refractivity contribution in [3.8, 4) is 5.75 Å². The molecule has 0 N–H and O–H groups in total. The first kappa shape index (κ1) is 18.1. The van der Waals surface area contributed by atoms with E-state index in [1.165, 1.54) is 17.3 Å². The van der Waals surface area contributed by atoms with E-state index in [1.807, 2.05) is 18.2 Å². The maximum Gasteiger partial charge on any atom is 0.210 e. The van der Waals surface area contributed by atoms with E-state index in [1.54, 1.807) is 0 Å². The Morgan fingerprint density at radius 2 is 2.04 bits per heavy atom. The second-order valence-electron chi connectivity index (χ2n) is 7.43. The van der Waals surface area contributed by atoms with Crippen LogP contribution in [0.3, 0.4) is 0 Å². The van der Waals surface area contributed by atoms with Crippen molar-refractivity contribution in [3.63, 3.8) is 0 Å². The van der Waals surface area contributed by atoms with Crippen LogP contribution in [0.5, 0.6) is 5.75 Å². The summed E-state index contributed by atoms with van der Waals surface area (Å²) < 4.78 is 7.50. The van der Waals surface area contributed by atoms with Gasteiger partial charge in [-0.05, 0) is 29.0 Å². The molecule has 1 unspecified atom stereocenters. The second-order valence-corrected chi connectivity index (χ2v) is 7.43. The van der Waals surface area contributed by atoms with Gasteiger partial charge in [0.1, 0.15) is 18.4 Å². The molecule has 2 rings (SSSR count). The van der Waals surface area contributed by atoms with Crippen molar-refractivity contribution in [1.29, 1.82) is 0 Å². The Balaban J connectivity index is 2.35. The van der Waals surface area contributed by atoms with E-state index in [-0.39, 0.29) is 11.3 Å². The smallest absolute Gasteiger partial charge is 0.210 e. The minimum atomic E-state index is -0.740. The molecule has 0 aliphatic carbocycles. The molecule has 2 aromatic rings. The third kappa shape index (κ3) is 4.40. The molecule has 0 spiro atoms. The SMILES string of the molecule is CC(C)c1c(OCCC(C)(C)C)cccc1C(N=O)n1cncn1. The summed E-state index contributed by atoms with van der Waals surface area (Å²) in [5, 5.41) is 7.32. The lowest BCUT2D eigenvalue weighted by Crippen LogP contribution is -2.15. The zero-order chi connectivity index (χ0) is 17.7. The molecule has 1 aromatic carbocycles. The van der Waals surface area contributed by atoms with Crippen LogP contribution in [0, 0.1) is 10.3 Å². The van der Waals surface area contributed by atoms with Gasteiger partial charge in [-0.15, -0.1) is 4.91 Å². The van der Waals surface area contributed by atoms with Gasteiger partial charge in [-0.1, -0.05) is 46.8 Å². The first-order valence-corrected chi connectivity index (χ1v) is 8.25. The molecule has 0 aliphatic heterocycles. The predicted molar refractivity (Wildman–Crippen MR) is 94.1 cm³/mol. The number of ether oxygens (including phenoxy) is 1. The average Bonchev–Trinajstić information content (AvgIpc) is 3.00. The van der Waals surface area contributed by atoms with Gasteiger partial charge in [0.15, 0.2) is 0 Å². The highest BCUT2D eigenvalue weighted by Crippen LogP contribution is 2.35. The first-order valence-electron chi connectivity index (χ1n) is 8.25. The van der Waals surface area contributed by atoms with Crippen molar-refractivity contribution in [2.24, 2.45) is 10.6 Å². The van der Waals surface area contributed by atoms with Gasteiger partial charge in [0, 0.05) is 11.1 Å². The molecule has 0 saturated carbocycles. The highest BCUT2D eigenvalue weighted by Gasteiger charge is 2.23. The highest BCUT2D eigenvalue weighted by atomic mass is 16.5. The third-order valence-electron chi connectivity index (χ3n) is 3.85. The standard InChI is InChI=1S/C18H26N4O2/c1-13(2)16-14(17(21-23)22-12-19-11-20-22)7-6-8-15(16)24-10-9-18(3,4)5/h6-8,11-13,17H,9-10H2,1-5H3. The van der Waals surface area contributed by atoms with E-state index in [0.717, 1.165) is 23.3 Å². The molecular formula is C18H26N4O2. The minimum absolute atomic E-state index is 0.193. The summed E-state index contributed by atoms with van der Waals surface area (Å²) in [5.74, 6) is 0.999. The minimum Gasteiger partial charge on any atom is -0.493 e. The fourth-order valence-corrected chi connectivity index (χ4v) is 2.59. The predicted octanol–water partition coefficient (Wildman–Crippen LogP) is 4.53. The van der Waals surface area contributed by atoms with Gasteiger partial charge in [-0.3, -0.25) is 0 Å². The Bertz CT molecular complexity index is 660. The van der Waals surface area contributed by atoms with Crippen molar-refractivity contribution in [3.05, 3.63) is 46.9 Å². The van der Waals surface area contributed by atoms with Gasteiger partial charge in [0.2, 0.25) is 6.17 Å². The molecule has 0 fully saturated rings. The van der Waals surface area contributed by atoms with Crippen LogP contribution in [0.15, 0.2) is 36.0 Å². The molecule has 1 atom stereocenters. The fourth-order valence-electron chi connectivity index (χ4n) is 2.59. The molecule has 24 heavy (non-hydrogen) atoms. The largest absolute Gasteiger partial charge is 0.493 e. The van der Waals surface area contributed by atoms with Crippen molar-refractivity contribution in [2.45, 2.75) is 53.1 Å². The van der Waals surface area contributed by atoms with Gasteiger partial charge in [-0.25, -0.2) is 9.67 Å². The lowest BCUT2D eigenvalue weighted by atomic mass is 9.92. The topological polar surface area (TPSA) is 69.4 Å². The van der Waals surface area contributed by atoms with E-state index in [9.17, 15) is 4.91 Å². The summed E-state index contributed by atoms with van der Waals surface area (Å²) in [5.41, 5.74) is 2.01. The number of nitrogens with zero attached hydrogens (tertiary/aromatic N) is 4. The van der Waals surface area contributed by atoms with Crippen LogP contribution in [0.1, 0.15) is 64.3 Å². The number of hydrogen-bond acceptors (Lipinski definition) is 5. The molecule has 0 saturated heterocycles. The zero-order valence-electron chi connectivity index (χ0n) is 15.1. The number of nitroso groups, excluding NO2 is 1. The Morgan fingerprint density at radius 3 is 2.58 bits per heavy atom. The Hall–Kier alpha value is -2.24. The summed E-state index contributed by atoms with van der Waals surface area (Å²) in [6.45, 7) is 11.4. The summed E-state index contributed by atoms with van der Waals surface area (Å²) in [7, 11) is 0. The van der Waals surface area contributed by atoms with Gasteiger partial charge in [0.05, 0.1) is 6.61 Å². The van der Waals surface area contributed by atoms with E-state index in [0.29, 0.717) is 6.61 Å². The maximum atomic E-state index is 11.5. The Labute approximate surface area is 143 Å². The van der Waals surface area contributed by atoms with Crippen molar-refractivity contribution >= 4 is 0 Å². The maximum absolute atomic E-state index is 11.5. The first-order chi connectivity index (χ1) is 11.3. The van der Waals surface area contributed by atoms with Crippen LogP contribution < -0.4 is 4.74 Å². The number of aromatic nitrogens is 3. The second kappa shape index (κ2) is 7.55. The van der Waals surface area contributed by atoms with E-state index in [2.05, 4.69) is 49.9 Å². The summed E-state index contributed by atoms with van der Waals surface area (Å²) in [4.78, 5) is 15.4. The monoisotopic (exact) mass is 330 g/mol. The lowest BCUT2D eigenvalue weighted by Gasteiger charge is -2.22. The van der Waals surface area contributed by atoms with Crippen molar-refractivity contribution in [2.75, 3.05) is 6.61 Å². The zero-order valence-corrected chi connectivity index (χ0v) is 15.1. The molecule has 6 nitrogen and oxygen atoms in total. The van der Waals surface area contributed by atoms with Crippen LogP contribution in [-0.2, 0) is 0 Å². The molecular weight excluding hydrogens is 304 g/mol. The highest BCUT2D eigenvalue weighted by molar-refractivity contribution is 5.44. The summed E-state index contributed by atoms with van der Waals surface area (Å²) >= 11 is 0. The van der Waals surface area contributed by atoms with Crippen LogP contribution in [0.25, 0.3) is 0 Å². The van der Waals surface area contributed by atoms with Crippen LogP contribution in [-0.4, -0.2) is 21.4 Å². The molecule has 1 heterocycles. The number of benzene rings is 1. The van der Waals surface area contributed by atoms with E-state index in [4.69, 9.17) is 4.74 Å². The third-order valence-corrected chi connectivity index (χ3v) is 3.85. The van der Waals surface area contributed by atoms with Gasteiger partial charge < -0.3 is 4.74 Å². The molecule has 0 aliphatic rings. The van der Waals surface area contributed by atoms with Crippen LogP contribution >= 0.6 is 0 Å². The quantitative estimate of drug-likeness (QED) is 0.699. The Kier molecular flexibility index (Phi) is 5.70. The molecule has 0 radical (unpaired) electrons. The summed E-state index contributed by atoms with van der Waals surface area (Å²) in [6, 6.07) is 5.74. The average molecular weight is 330 g/mol. The Morgan fingerprint density at radius 1 is 1.29 bits per heavy atom. The van der Waals surface area contributed by atoms with E-state index < -0.39 is 6.17 Å². The van der Waals surface area contributed by atoms with Gasteiger partial charge >= 0.3 is 0 Å². The van der Waals surface area contributed by atoms with E-state index >= 15 is 0 Å². The summed E-state index contributed by atoms with van der Waals surface area (Å²) in [6.07, 6.45) is 3.11. The number of rotatable bonds is 7. The molecule has 6 heteroatoms. The number of hydrogen-bond donors (Lipinski definition) is 0. The molecule has 0 bridgehead atoms. The van der Waals surface area contributed by atoms with Crippen LogP contribution in [0.2, 0.25) is 0 Å². The van der Waals surface area contributed by atoms with Crippen LogP contribution in [0.4, 0.5) is 0 Å². The van der Waals surface area contributed by atoms with Crippen molar-refractivity contribution in [1.82, 2.24) is 14.8 Å². The van der Waals surface area contributed by atoms with Gasteiger partial charge in [0.25, 0.3) is 0 Å². The molecule has 1 aromatic heterocycles. The fraction of sp³-hybridized carbons (Fsp3) is 0.556. The lowest BCUT2D eigenvalue weighted by molar-refractivity contribution is 0.240. The molecule has 0 amide bonds. The molecule has 130 valence electrons. The van der Waals surface area contributed by atoms with Gasteiger partial charge in [-0.2, -0.15) is 5.10 Å².